The van der Waals surface area contributed by atoms with Crippen LogP contribution in [0.25, 0.3) is 0 Å². The number of nitrogens with zero attached hydrogens (tertiary/aromatic N) is 1. The molecule has 2 atom stereocenters. The minimum atomic E-state index is -4.69. The Morgan fingerprint density at radius 2 is 1.77 bits per heavy atom. The number of halogens is 5. The van der Waals surface area contributed by atoms with Crippen molar-refractivity contribution < 1.29 is 41.4 Å². The van der Waals surface area contributed by atoms with Crippen LogP contribution in [-0.4, -0.2) is 53.2 Å². The zero-order valence-corrected chi connectivity index (χ0v) is 21.8. The number of aromatic carboxylic acids is 1. The predicted octanol–water partition coefficient (Wildman–Crippen LogP) is 5.51. The number of benzene rings is 2. The molecule has 2 heterocycles. The lowest BCUT2D eigenvalue weighted by Gasteiger charge is -2.45. The summed E-state index contributed by atoms with van der Waals surface area (Å²) in [4.78, 5) is 26.8. The largest absolute Gasteiger partial charge is 0.478 e. The molecule has 5 rings (SSSR count). The summed E-state index contributed by atoms with van der Waals surface area (Å²) in [5.41, 5.74) is -2.05. The topological polar surface area (TPSA) is 78.9 Å². The molecule has 2 aromatic rings. The minimum absolute atomic E-state index is 0.0218. The van der Waals surface area contributed by atoms with Crippen molar-refractivity contribution in [2.24, 2.45) is 5.92 Å². The number of nitrogens with one attached hydrogen (secondary N) is 1. The van der Waals surface area contributed by atoms with Gasteiger partial charge in [0.05, 0.1) is 17.7 Å². The Balaban J connectivity index is 1.18. The minimum Gasteiger partial charge on any atom is -0.478 e. The van der Waals surface area contributed by atoms with Crippen LogP contribution in [0.2, 0.25) is 0 Å². The maximum absolute atomic E-state index is 14.7. The lowest BCUT2D eigenvalue weighted by atomic mass is 9.84. The fourth-order valence-electron chi connectivity index (χ4n) is 6.16. The number of rotatable bonds is 7. The molecule has 1 aliphatic carbocycles. The summed E-state index contributed by atoms with van der Waals surface area (Å²) in [6.45, 7) is 1.43. The van der Waals surface area contributed by atoms with Gasteiger partial charge in [0.2, 0.25) is 0 Å². The molecule has 6 nitrogen and oxygen atoms in total. The molecule has 3 aliphatic rings. The monoisotopic (exact) mass is 566 g/mol. The fourth-order valence-corrected chi connectivity index (χ4v) is 6.16. The third-order valence-electron chi connectivity index (χ3n) is 8.49. The first-order valence-corrected chi connectivity index (χ1v) is 13.5. The number of carbonyl (C=O) groups excluding carboxylic acids is 1. The summed E-state index contributed by atoms with van der Waals surface area (Å²) in [5.74, 6) is -3.43. The van der Waals surface area contributed by atoms with E-state index in [4.69, 9.17) is 4.74 Å². The highest BCUT2D eigenvalue weighted by atomic mass is 19.4. The van der Waals surface area contributed by atoms with Crippen LogP contribution in [0.15, 0.2) is 36.4 Å². The summed E-state index contributed by atoms with van der Waals surface area (Å²) >= 11 is 0. The van der Waals surface area contributed by atoms with Gasteiger partial charge in [-0.2, -0.15) is 13.2 Å². The third-order valence-corrected chi connectivity index (χ3v) is 8.49. The lowest BCUT2D eigenvalue weighted by Crippen LogP contribution is -2.57. The zero-order chi connectivity index (χ0) is 28.7. The number of ether oxygens (including phenoxy) is 1. The maximum Gasteiger partial charge on any atom is 0.416 e. The Labute approximate surface area is 228 Å². The van der Waals surface area contributed by atoms with E-state index in [1.807, 2.05) is 0 Å². The number of piperidine rings is 1. The van der Waals surface area contributed by atoms with Crippen LogP contribution in [-0.2, 0) is 22.3 Å². The molecule has 11 heteroatoms. The highest BCUT2D eigenvalue weighted by molar-refractivity contribution is 5.88. The smallest absolute Gasteiger partial charge is 0.416 e. The van der Waals surface area contributed by atoms with E-state index in [9.17, 15) is 36.6 Å². The van der Waals surface area contributed by atoms with Gasteiger partial charge in [-0.1, -0.05) is 12.1 Å². The standard InChI is InChI=1S/C29H31F5N2O4/c30-21-13-17(12-20(14-21)29(32,33)34)15-35-27(39)28(19-4-5-19)9-6-22(16-40-28)36-10-7-18(8-11-36)23-2-1-3-24(25(23)31)26(37)38/h1-3,12-14,18-19,22H,4-11,15-16H2,(H,35,39)(H,37,38)/t22-,28+/m1/s1. The Morgan fingerprint density at radius 1 is 1.05 bits per heavy atom. The van der Waals surface area contributed by atoms with Crippen LogP contribution < -0.4 is 5.32 Å². The van der Waals surface area contributed by atoms with Crippen LogP contribution in [0.5, 0.6) is 0 Å². The first-order chi connectivity index (χ1) is 19.0. The van der Waals surface area contributed by atoms with Crippen LogP contribution in [0.3, 0.4) is 0 Å². The average molecular weight is 567 g/mol. The van der Waals surface area contributed by atoms with Crippen molar-refractivity contribution in [2.75, 3.05) is 19.7 Å². The van der Waals surface area contributed by atoms with E-state index in [1.54, 1.807) is 12.1 Å². The van der Waals surface area contributed by atoms with Crippen LogP contribution in [0.4, 0.5) is 22.0 Å². The maximum atomic E-state index is 14.7. The molecule has 2 N–H and O–H groups in total. The molecule has 2 aliphatic heterocycles. The summed E-state index contributed by atoms with van der Waals surface area (Å²) in [6, 6.07) is 6.76. The summed E-state index contributed by atoms with van der Waals surface area (Å²) in [5, 5.41) is 11.9. The van der Waals surface area contributed by atoms with Gasteiger partial charge < -0.3 is 15.2 Å². The van der Waals surface area contributed by atoms with E-state index in [0.29, 0.717) is 57.0 Å². The van der Waals surface area contributed by atoms with Crippen molar-refractivity contribution >= 4 is 11.9 Å². The Hall–Kier alpha value is -3.05. The van der Waals surface area contributed by atoms with Crippen LogP contribution in [0, 0.1) is 17.6 Å². The molecule has 3 fully saturated rings. The van der Waals surface area contributed by atoms with E-state index in [0.717, 1.165) is 25.0 Å². The Morgan fingerprint density at radius 3 is 2.38 bits per heavy atom. The summed E-state index contributed by atoms with van der Waals surface area (Å²) in [7, 11) is 0. The Kier molecular flexibility index (Phi) is 7.89. The number of carbonyl (C=O) groups is 2. The first kappa shape index (κ1) is 28.5. The SMILES string of the molecule is O=C(O)c1cccc(C2CCN([C@@H]3CC[C@@](C(=O)NCc4cc(F)cc(C(F)(F)F)c4)(C4CC4)OC3)CC2)c1F. The van der Waals surface area contributed by atoms with Gasteiger partial charge in [-0.05, 0) is 98.8 Å². The molecule has 1 saturated carbocycles. The number of hydrogen-bond donors (Lipinski definition) is 2. The van der Waals surface area contributed by atoms with Crippen molar-refractivity contribution in [2.45, 2.75) is 68.8 Å². The molecule has 216 valence electrons. The average Bonchev–Trinajstić information content (AvgIpc) is 3.77. The van der Waals surface area contributed by atoms with Crippen molar-refractivity contribution in [3.63, 3.8) is 0 Å². The van der Waals surface area contributed by atoms with E-state index < -0.39 is 40.9 Å². The van der Waals surface area contributed by atoms with Crippen LogP contribution in [0.1, 0.15) is 71.5 Å². The molecule has 2 saturated heterocycles. The van der Waals surface area contributed by atoms with Gasteiger partial charge in [0, 0.05) is 12.6 Å². The van der Waals surface area contributed by atoms with Crippen molar-refractivity contribution in [3.8, 4) is 0 Å². The molecule has 0 spiro atoms. The molecule has 0 unspecified atom stereocenters. The molecule has 2 aromatic carbocycles. The van der Waals surface area contributed by atoms with Gasteiger partial charge >= 0.3 is 12.1 Å². The highest BCUT2D eigenvalue weighted by Crippen LogP contribution is 2.47. The molecule has 1 amide bonds. The molecule has 40 heavy (non-hydrogen) atoms. The van der Waals surface area contributed by atoms with Crippen molar-refractivity contribution in [1.82, 2.24) is 10.2 Å². The first-order valence-electron chi connectivity index (χ1n) is 13.5. The van der Waals surface area contributed by atoms with Crippen molar-refractivity contribution in [3.05, 3.63) is 70.3 Å². The van der Waals surface area contributed by atoms with Crippen LogP contribution >= 0.6 is 0 Å². The summed E-state index contributed by atoms with van der Waals surface area (Å²) < 4.78 is 73.9. The molecule has 0 bridgehead atoms. The van der Waals surface area contributed by atoms with Gasteiger partial charge in [-0.25, -0.2) is 13.6 Å². The van der Waals surface area contributed by atoms with Gasteiger partial charge in [0.25, 0.3) is 5.91 Å². The van der Waals surface area contributed by atoms with E-state index in [1.165, 1.54) is 6.07 Å². The number of hydrogen-bond acceptors (Lipinski definition) is 4. The second-order valence-corrected chi connectivity index (χ2v) is 11.0. The number of carboxylic acid groups (broad SMARTS) is 1. The van der Waals surface area contributed by atoms with E-state index in [2.05, 4.69) is 10.2 Å². The molecular weight excluding hydrogens is 535 g/mol. The second kappa shape index (κ2) is 11.1. The van der Waals surface area contributed by atoms with Gasteiger partial charge in [0.1, 0.15) is 17.2 Å². The number of amides is 1. The molecule has 0 radical (unpaired) electrons. The summed E-state index contributed by atoms with van der Waals surface area (Å²) in [6.07, 6.45) is -0.569. The quantitative estimate of drug-likeness (QED) is 0.433. The third kappa shape index (κ3) is 5.85. The zero-order valence-electron chi connectivity index (χ0n) is 21.8. The number of alkyl halides is 3. The van der Waals surface area contributed by atoms with E-state index >= 15 is 0 Å². The second-order valence-electron chi connectivity index (χ2n) is 11.0. The van der Waals surface area contributed by atoms with Crippen molar-refractivity contribution in [1.29, 1.82) is 0 Å². The molecular formula is C29H31F5N2O4. The van der Waals surface area contributed by atoms with Gasteiger partial charge in [-0.3, -0.25) is 9.69 Å². The van der Waals surface area contributed by atoms with Gasteiger partial charge in [-0.15, -0.1) is 0 Å². The fraction of sp³-hybridized carbons (Fsp3) is 0.517. The molecule has 0 aromatic heterocycles. The predicted molar refractivity (Wildman–Crippen MR) is 135 cm³/mol. The lowest BCUT2D eigenvalue weighted by molar-refractivity contribution is -0.165. The number of likely N-dealkylation sites (tertiary alicyclic amines) is 1. The highest BCUT2D eigenvalue weighted by Gasteiger charge is 2.54. The number of carboxylic acids is 1. The van der Waals surface area contributed by atoms with Gasteiger partial charge in [0.15, 0.2) is 0 Å². The van der Waals surface area contributed by atoms with E-state index in [-0.39, 0.29) is 35.5 Å². The Bertz CT molecular complexity index is 1260. The normalized spacial score (nSPS) is 24.6.